The van der Waals surface area contributed by atoms with Gasteiger partial charge in [0.2, 0.25) is 5.95 Å². The second-order valence-electron chi connectivity index (χ2n) is 7.14. The van der Waals surface area contributed by atoms with E-state index in [0.717, 1.165) is 11.1 Å². The van der Waals surface area contributed by atoms with Crippen molar-refractivity contribution in [3.63, 3.8) is 0 Å². The largest absolute Gasteiger partial charge is 0.461 e. The standard InChI is InChI=1S/C20H25N7O4/c1-14-3-2-4-15(13-14)16(25-21)17-22-18(26-5-9-29-10-6-26)24-19(23-17)30-11-7-27-8-12-31-20(27)28/h2-4,13H,5-12,21H2,1H3/b25-16-. The number of amides is 1. The van der Waals surface area contributed by atoms with Gasteiger partial charge in [0.1, 0.15) is 18.9 Å². The van der Waals surface area contributed by atoms with Crippen LogP contribution in [0.2, 0.25) is 0 Å². The van der Waals surface area contributed by atoms with Gasteiger partial charge >= 0.3 is 12.1 Å². The average Bonchev–Trinajstić information content (AvgIpc) is 3.19. The maximum absolute atomic E-state index is 11.6. The zero-order chi connectivity index (χ0) is 21.6. The molecule has 11 heteroatoms. The molecule has 1 aromatic heterocycles. The Hall–Kier alpha value is -3.47. The van der Waals surface area contributed by atoms with E-state index in [1.165, 1.54) is 0 Å². The van der Waals surface area contributed by atoms with Gasteiger partial charge in [0, 0.05) is 18.7 Å². The van der Waals surface area contributed by atoms with Crippen molar-refractivity contribution in [3.8, 4) is 6.01 Å². The number of carbonyl (C=O) groups excluding carboxylic acids is 1. The lowest BCUT2D eigenvalue weighted by atomic mass is 10.1. The second kappa shape index (κ2) is 9.56. The molecule has 2 aliphatic rings. The molecule has 2 aliphatic heterocycles. The van der Waals surface area contributed by atoms with E-state index in [9.17, 15) is 4.79 Å². The van der Waals surface area contributed by atoms with E-state index in [-0.39, 0.29) is 18.7 Å². The summed E-state index contributed by atoms with van der Waals surface area (Å²) in [7, 11) is 0. The number of nitrogens with two attached hydrogens (primary N) is 1. The monoisotopic (exact) mass is 427 g/mol. The Balaban J connectivity index is 1.60. The number of cyclic esters (lactones) is 1. The Morgan fingerprint density at radius 3 is 2.74 bits per heavy atom. The first-order valence-corrected chi connectivity index (χ1v) is 10.1. The molecular weight excluding hydrogens is 402 g/mol. The first-order valence-electron chi connectivity index (χ1n) is 10.1. The van der Waals surface area contributed by atoms with E-state index < -0.39 is 0 Å². The third kappa shape index (κ3) is 5.00. The van der Waals surface area contributed by atoms with E-state index in [1.807, 2.05) is 36.1 Å². The summed E-state index contributed by atoms with van der Waals surface area (Å²) >= 11 is 0. The van der Waals surface area contributed by atoms with Crippen LogP contribution in [0.1, 0.15) is 17.0 Å². The van der Waals surface area contributed by atoms with Crippen LogP contribution >= 0.6 is 0 Å². The molecule has 2 aromatic rings. The number of ether oxygens (including phenoxy) is 3. The minimum Gasteiger partial charge on any atom is -0.461 e. The minimum atomic E-state index is -0.342. The number of nitrogens with zero attached hydrogens (tertiary/aromatic N) is 6. The number of carbonyl (C=O) groups is 1. The van der Waals surface area contributed by atoms with Crippen molar-refractivity contribution in [2.75, 3.05) is 57.5 Å². The summed E-state index contributed by atoms with van der Waals surface area (Å²) in [6, 6.07) is 7.92. The van der Waals surface area contributed by atoms with Gasteiger partial charge in [0.15, 0.2) is 5.82 Å². The molecule has 0 atom stereocenters. The molecular formula is C20H25N7O4. The van der Waals surface area contributed by atoms with Crippen molar-refractivity contribution in [2.45, 2.75) is 6.92 Å². The zero-order valence-corrected chi connectivity index (χ0v) is 17.4. The average molecular weight is 427 g/mol. The number of hydrogen-bond acceptors (Lipinski definition) is 10. The van der Waals surface area contributed by atoms with Gasteiger partial charge in [-0.25, -0.2) is 4.79 Å². The van der Waals surface area contributed by atoms with Gasteiger partial charge < -0.3 is 29.9 Å². The molecule has 2 N–H and O–H groups in total. The highest BCUT2D eigenvalue weighted by atomic mass is 16.6. The maximum atomic E-state index is 11.6. The van der Waals surface area contributed by atoms with Crippen LogP contribution in [0.15, 0.2) is 29.4 Å². The molecule has 11 nitrogen and oxygen atoms in total. The minimum absolute atomic E-state index is 0.146. The number of morpholine rings is 1. The quantitative estimate of drug-likeness (QED) is 0.383. The molecule has 0 unspecified atom stereocenters. The Morgan fingerprint density at radius 1 is 1.19 bits per heavy atom. The summed E-state index contributed by atoms with van der Waals surface area (Å²) < 4.78 is 16.1. The van der Waals surface area contributed by atoms with Gasteiger partial charge in [-0.15, -0.1) is 0 Å². The fourth-order valence-electron chi connectivity index (χ4n) is 3.35. The third-order valence-corrected chi connectivity index (χ3v) is 4.97. The fourth-order valence-corrected chi connectivity index (χ4v) is 3.35. The lowest BCUT2D eigenvalue weighted by Crippen LogP contribution is -2.38. The highest BCUT2D eigenvalue weighted by Gasteiger charge is 2.23. The molecule has 2 fully saturated rings. The van der Waals surface area contributed by atoms with Crippen LogP contribution in [-0.2, 0) is 9.47 Å². The number of rotatable bonds is 7. The molecule has 31 heavy (non-hydrogen) atoms. The van der Waals surface area contributed by atoms with Crippen molar-refractivity contribution >= 4 is 17.8 Å². The Kier molecular flexibility index (Phi) is 6.41. The molecule has 0 spiro atoms. The molecule has 164 valence electrons. The zero-order valence-electron chi connectivity index (χ0n) is 17.4. The molecule has 0 bridgehead atoms. The van der Waals surface area contributed by atoms with Gasteiger partial charge in [0.25, 0.3) is 0 Å². The van der Waals surface area contributed by atoms with Crippen molar-refractivity contribution in [1.29, 1.82) is 0 Å². The first kappa shape index (κ1) is 20.8. The van der Waals surface area contributed by atoms with Crippen LogP contribution < -0.4 is 15.5 Å². The normalized spacial score (nSPS) is 17.1. The molecule has 2 saturated heterocycles. The number of aromatic nitrogens is 3. The predicted molar refractivity (Wildman–Crippen MR) is 112 cm³/mol. The molecule has 0 aliphatic carbocycles. The molecule has 1 aromatic carbocycles. The van der Waals surface area contributed by atoms with E-state index in [4.69, 9.17) is 20.1 Å². The SMILES string of the molecule is Cc1cccc(/C(=N/N)c2nc(OCCN3CCOC3=O)nc(N3CCOCC3)n2)c1. The van der Waals surface area contributed by atoms with Gasteiger partial charge in [-0.2, -0.15) is 20.1 Å². The Morgan fingerprint density at radius 2 is 2.03 bits per heavy atom. The molecule has 3 heterocycles. The van der Waals surface area contributed by atoms with E-state index in [2.05, 4.69) is 20.1 Å². The van der Waals surface area contributed by atoms with E-state index >= 15 is 0 Å². The van der Waals surface area contributed by atoms with Crippen molar-refractivity contribution in [2.24, 2.45) is 10.9 Å². The Labute approximate surface area is 179 Å². The van der Waals surface area contributed by atoms with Gasteiger partial charge in [-0.3, -0.25) is 0 Å². The number of benzene rings is 1. The smallest absolute Gasteiger partial charge is 0.410 e. The number of hydrogen-bond donors (Lipinski definition) is 1. The predicted octanol–water partition coefficient (Wildman–Crippen LogP) is 0.559. The summed E-state index contributed by atoms with van der Waals surface area (Å²) in [4.78, 5) is 28.7. The van der Waals surface area contributed by atoms with Crippen LogP contribution in [-0.4, -0.2) is 84.3 Å². The van der Waals surface area contributed by atoms with Gasteiger partial charge in [-0.05, 0) is 13.0 Å². The molecule has 1 amide bonds. The lowest BCUT2D eigenvalue weighted by Gasteiger charge is -2.27. The van der Waals surface area contributed by atoms with Crippen LogP contribution in [0.3, 0.4) is 0 Å². The molecule has 4 rings (SSSR count). The summed E-state index contributed by atoms with van der Waals surface area (Å²) in [6.45, 7) is 6.01. The maximum Gasteiger partial charge on any atom is 0.410 e. The lowest BCUT2D eigenvalue weighted by molar-refractivity contribution is 0.122. The van der Waals surface area contributed by atoms with Crippen molar-refractivity contribution in [3.05, 3.63) is 41.2 Å². The summed E-state index contributed by atoms with van der Waals surface area (Å²) in [5.41, 5.74) is 2.30. The van der Waals surface area contributed by atoms with E-state index in [0.29, 0.717) is 63.5 Å². The first-order chi connectivity index (χ1) is 15.1. The number of aryl methyl sites for hydroxylation is 1. The third-order valence-electron chi connectivity index (χ3n) is 4.97. The highest BCUT2D eigenvalue weighted by molar-refractivity contribution is 6.10. The second-order valence-corrected chi connectivity index (χ2v) is 7.14. The highest BCUT2D eigenvalue weighted by Crippen LogP contribution is 2.17. The van der Waals surface area contributed by atoms with Gasteiger partial charge in [0.05, 0.1) is 26.3 Å². The summed E-state index contributed by atoms with van der Waals surface area (Å²) in [6.07, 6.45) is -0.342. The number of hydrazone groups is 1. The van der Waals surface area contributed by atoms with Crippen molar-refractivity contribution in [1.82, 2.24) is 19.9 Å². The topological polar surface area (TPSA) is 128 Å². The van der Waals surface area contributed by atoms with E-state index in [1.54, 1.807) is 4.90 Å². The Bertz CT molecular complexity index is 962. The van der Waals surface area contributed by atoms with Gasteiger partial charge in [-0.1, -0.05) is 23.8 Å². The van der Waals surface area contributed by atoms with Crippen LogP contribution in [0.4, 0.5) is 10.7 Å². The van der Waals surface area contributed by atoms with Crippen molar-refractivity contribution < 1.29 is 19.0 Å². The number of anilines is 1. The van der Waals surface area contributed by atoms with Crippen LogP contribution in [0, 0.1) is 6.92 Å². The van der Waals surface area contributed by atoms with Crippen LogP contribution in [0.25, 0.3) is 0 Å². The molecule has 0 radical (unpaired) electrons. The molecule has 0 saturated carbocycles. The van der Waals surface area contributed by atoms with Crippen LogP contribution in [0.5, 0.6) is 6.01 Å². The summed E-state index contributed by atoms with van der Waals surface area (Å²) in [5, 5.41) is 3.95. The summed E-state index contributed by atoms with van der Waals surface area (Å²) in [5.74, 6) is 6.51. The fraction of sp³-hybridized carbons (Fsp3) is 0.450.